The number of ether oxygens (including phenoxy) is 2. The molecule has 0 aromatic carbocycles. The lowest BCUT2D eigenvalue weighted by atomic mass is 9.93. The van der Waals surface area contributed by atoms with Crippen LogP contribution in [0.2, 0.25) is 0 Å². The zero-order valence-electron chi connectivity index (χ0n) is 9.41. The Balaban J connectivity index is 2.34. The summed E-state index contributed by atoms with van der Waals surface area (Å²) in [5, 5.41) is 3.34. The maximum absolute atomic E-state index is 10.8. The first-order valence-electron chi connectivity index (χ1n) is 5.25. The second-order valence-electron chi connectivity index (χ2n) is 3.96. The number of nitrogens with one attached hydrogen (secondary N) is 1. The minimum atomic E-state index is -0.380. The maximum atomic E-state index is 10.8. The van der Waals surface area contributed by atoms with E-state index in [1.54, 1.807) is 0 Å². The molecule has 0 spiro atoms. The molecule has 1 fully saturated rings. The zero-order valence-corrected chi connectivity index (χ0v) is 9.41. The van der Waals surface area contributed by atoms with Crippen molar-refractivity contribution in [3.05, 3.63) is 12.7 Å². The van der Waals surface area contributed by atoms with Crippen molar-refractivity contribution in [2.75, 3.05) is 19.8 Å². The fourth-order valence-electron chi connectivity index (χ4n) is 1.60. The number of hydrogen-bond donors (Lipinski definition) is 1. The minimum Gasteiger partial charge on any atom is -0.462 e. The molecule has 1 N–H and O–H groups in total. The van der Waals surface area contributed by atoms with Gasteiger partial charge in [0.2, 0.25) is 0 Å². The lowest BCUT2D eigenvalue weighted by Gasteiger charge is -2.40. The fourth-order valence-corrected chi connectivity index (χ4v) is 1.60. The molecule has 1 saturated heterocycles. The van der Waals surface area contributed by atoms with E-state index in [0.717, 1.165) is 6.54 Å². The molecule has 2 atom stereocenters. The molecule has 0 saturated carbocycles. The SMILES string of the molecule is C=CC(=O)OCCC1(C)OCCNC1C. The van der Waals surface area contributed by atoms with Crippen molar-refractivity contribution in [2.45, 2.75) is 31.9 Å². The summed E-state index contributed by atoms with van der Waals surface area (Å²) in [7, 11) is 0. The molecule has 2 unspecified atom stereocenters. The average molecular weight is 213 g/mol. The first-order chi connectivity index (χ1) is 7.08. The van der Waals surface area contributed by atoms with E-state index in [4.69, 9.17) is 9.47 Å². The maximum Gasteiger partial charge on any atom is 0.330 e. The summed E-state index contributed by atoms with van der Waals surface area (Å²) in [4.78, 5) is 10.8. The molecule has 86 valence electrons. The van der Waals surface area contributed by atoms with Crippen LogP contribution in [0, 0.1) is 0 Å². The summed E-state index contributed by atoms with van der Waals surface area (Å²) in [6.07, 6.45) is 1.87. The number of rotatable bonds is 4. The first-order valence-corrected chi connectivity index (χ1v) is 5.25. The van der Waals surface area contributed by atoms with Gasteiger partial charge in [0.25, 0.3) is 0 Å². The summed E-state index contributed by atoms with van der Waals surface area (Å²) in [6, 6.07) is 0.272. The molecule has 1 aliphatic heterocycles. The van der Waals surface area contributed by atoms with Gasteiger partial charge >= 0.3 is 5.97 Å². The van der Waals surface area contributed by atoms with Gasteiger partial charge in [0.05, 0.1) is 18.8 Å². The predicted molar refractivity (Wildman–Crippen MR) is 57.6 cm³/mol. The van der Waals surface area contributed by atoms with Gasteiger partial charge in [-0.15, -0.1) is 0 Å². The van der Waals surface area contributed by atoms with Crippen molar-refractivity contribution in [2.24, 2.45) is 0 Å². The van der Waals surface area contributed by atoms with Crippen LogP contribution in [0.15, 0.2) is 12.7 Å². The van der Waals surface area contributed by atoms with Gasteiger partial charge in [-0.25, -0.2) is 4.79 Å². The molecule has 1 rings (SSSR count). The Labute approximate surface area is 90.6 Å². The Hall–Kier alpha value is -0.870. The van der Waals surface area contributed by atoms with Crippen LogP contribution in [0.1, 0.15) is 20.3 Å². The van der Waals surface area contributed by atoms with Gasteiger partial charge in [-0.05, 0) is 13.8 Å². The van der Waals surface area contributed by atoms with E-state index in [2.05, 4.69) is 18.8 Å². The lowest BCUT2D eigenvalue weighted by molar-refractivity contribution is -0.142. The molecule has 0 amide bonds. The van der Waals surface area contributed by atoms with E-state index in [-0.39, 0.29) is 17.6 Å². The fraction of sp³-hybridized carbons (Fsp3) is 0.727. The summed E-state index contributed by atoms with van der Waals surface area (Å²) in [5.41, 5.74) is -0.250. The van der Waals surface area contributed by atoms with Crippen molar-refractivity contribution in [1.82, 2.24) is 5.32 Å². The van der Waals surface area contributed by atoms with Crippen molar-refractivity contribution in [1.29, 1.82) is 0 Å². The highest BCUT2D eigenvalue weighted by Crippen LogP contribution is 2.22. The number of esters is 1. The number of morpholine rings is 1. The zero-order chi connectivity index (χ0) is 11.3. The highest BCUT2D eigenvalue weighted by atomic mass is 16.5. The average Bonchev–Trinajstić information content (AvgIpc) is 2.22. The van der Waals surface area contributed by atoms with Crippen LogP contribution in [0.4, 0.5) is 0 Å². The lowest BCUT2D eigenvalue weighted by Crippen LogP contribution is -2.55. The van der Waals surface area contributed by atoms with E-state index >= 15 is 0 Å². The number of hydrogen-bond acceptors (Lipinski definition) is 4. The molecule has 0 radical (unpaired) electrons. The van der Waals surface area contributed by atoms with Crippen LogP contribution >= 0.6 is 0 Å². The summed E-state index contributed by atoms with van der Waals surface area (Å²) < 4.78 is 10.7. The van der Waals surface area contributed by atoms with Crippen molar-refractivity contribution in [3.8, 4) is 0 Å². The van der Waals surface area contributed by atoms with Gasteiger partial charge < -0.3 is 14.8 Å². The smallest absolute Gasteiger partial charge is 0.330 e. The van der Waals surface area contributed by atoms with Gasteiger partial charge in [-0.1, -0.05) is 6.58 Å². The molecule has 0 aliphatic carbocycles. The van der Waals surface area contributed by atoms with E-state index in [1.165, 1.54) is 6.08 Å². The third-order valence-electron chi connectivity index (χ3n) is 2.91. The van der Waals surface area contributed by atoms with Crippen LogP contribution < -0.4 is 5.32 Å². The van der Waals surface area contributed by atoms with Gasteiger partial charge in [0, 0.05) is 25.1 Å². The van der Waals surface area contributed by atoms with Gasteiger partial charge in [0.1, 0.15) is 0 Å². The normalized spacial score (nSPS) is 30.9. The van der Waals surface area contributed by atoms with Crippen molar-refractivity contribution >= 4 is 5.97 Å². The summed E-state index contributed by atoms with van der Waals surface area (Å²) in [6.45, 7) is 9.40. The standard InChI is InChI=1S/C11H19NO3/c1-4-10(13)14-7-5-11(3)9(2)12-6-8-15-11/h4,9,12H,1,5-8H2,2-3H3. The second-order valence-corrected chi connectivity index (χ2v) is 3.96. The molecule has 1 aliphatic rings. The van der Waals surface area contributed by atoms with Crippen LogP contribution in [-0.4, -0.2) is 37.4 Å². The topological polar surface area (TPSA) is 47.6 Å². The Morgan fingerprint density at radius 2 is 2.53 bits per heavy atom. The van der Waals surface area contributed by atoms with E-state index in [9.17, 15) is 4.79 Å². The van der Waals surface area contributed by atoms with Crippen LogP contribution in [0.5, 0.6) is 0 Å². The molecule has 15 heavy (non-hydrogen) atoms. The molecule has 1 heterocycles. The van der Waals surface area contributed by atoms with Crippen LogP contribution in [0.3, 0.4) is 0 Å². The molecule has 4 heteroatoms. The number of carbonyl (C=O) groups is 1. The molecule has 0 aromatic heterocycles. The molecule has 0 aromatic rings. The second kappa shape index (κ2) is 5.28. The van der Waals surface area contributed by atoms with E-state index in [0.29, 0.717) is 19.6 Å². The van der Waals surface area contributed by atoms with Crippen LogP contribution in [-0.2, 0) is 14.3 Å². The monoisotopic (exact) mass is 213 g/mol. The third-order valence-corrected chi connectivity index (χ3v) is 2.91. The quantitative estimate of drug-likeness (QED) is 0.556. The minimum absolute atomic E-state index is 0.250. The molecular weight excluding hydrogens is 194 g/mol. The van der Waals surface area contributed by atoms with E-state index < -0.39 is 0 Å². The van der Waals surface area contributed by atoms with E-state index in [1.807, 2.05) is 6.92 Å². The predicted octanol–water partition coefficient (Wildman–Crippen LogP) is 0.873. The van der Waals surface area contributed by atoms with Gasteiger partial charge in [0.15, 0.2) is 0 Å². The Kier molecular flexibility index (Phi) is 4.29. The Morgan fingerprint density at radius 1 is 1.80 bits per heavy atom. The largest absolute Gasteiger partial charge is 0.462 e. The third kappa shape index (κ3) is 3.32. The molecule has 0 bridgehead atoms. The number of carbonyl (C=O) groups excluding carboxylic acids is 1. The highest BCUT2D eigenvalue weighted by molar-refractivity contribution is 5.81. The Bertz CT molecular complexity index is 242. The Morgan fingerprint density at radius 3 is 3.13 bits per heavy atom. The van der Waals surface area contributed by atoms with Gasteiger partial charge in [-0.3, -0.25) is 0 Å². The van der Waals surface area contributed by atoms with Crippen molar-refractivity contribution in [3.63, 3.8) is 0 Å². The highest BCUT2D eigenvalue weighted by Gasteiger charge is 2.34. The molecule has 4 nitrogen and oxygen atoms in total. The van der Waals surface area contributed by atoms with Crippen molar-refractivity contribution < 1.29 is 14.3 Å². The molecular formula is C11H19NO3. The van der Waals surface area contributed by atoms with Gasteiger partial charge in [-0.2, -0.15) is 0 Å². The van der Waals surface area contributed by atoms with Crippen LogP contribution in [0.25, 0.3) is 0 Å². The summed E-state index contributed by atoms with van der Waals surface area (Å²) >= 11 is 0. The first kappa shape index (κ1) is 12.2. The summed E-state index contributed by atoms with van der Waals surface area (Å²) in [5.74, 6) is -0.380.